The summed E-state index contributed by atoms with van der Waals surface area (Å²) in [4.78, 5) is 11.2. The molecule has 0 fully saturated rings. The summed E-state index contributed by atoms with van der Waals surface area (Å²) < 4.78 is 0. The van der Waals surface area contributed by atoms with E-state index in [4.69, 9.17) is 5.11 Å². The standard InChI is InChI=1S/C14H21NO3/c1-9(2)6-11(8-16)15-13-5-4-10(3)7-12(13)14(17)18/h4-5,7,9,11,15-16H,6,8H2,1-3H3,(H,17,18). The molecule has 1 unspecified atom stereocenters. The number of nitrogens with one attached hydrogen (secondary N) is 1. The molecule has 0 radical (unpaired) electrons. The summed E-state index contributed by atoms with van der Waals surface area (Å²) in [6.45, 7) is 5.98. The van der Waals surface area contributed by atoms with Gasteiger partial charge in [-0.25, -0.2) is 4.79 Å². The lowest BCUT2D eigenvalue weighted by Crippen LogP contribution is -2.26. The minimum Gasteiger partial charge on any atom is -0.478 e. The van der Waals surface area contributed by atoms with Crippen LogP contribution in [0.4, 0.5) is 5.69 Å². The van der Waals surface area contributed by atoms with Crippen molar-refractivity contribution in [2.45, 2.75) is 33.2 Å². The van der Waals surface area contributed by atoms with Crippen molar-refractivity contribution in [3.8, 4) is 0 Å². The van der Waals surface area contributed by atoms with Crippen molar-refractivity contribution in [2.75, 3.05) is 11.9 Å². The predicted molar refractivity (Wildman–Crippen MR) is 72.1 cm³/mol. The molecule has 0 spiro atoms. The van der Waals surface area contributed by atoms with Crippen LogP contribution in [0.1, 0.15) is 36.2 Å². The molecule has 0 aromatic heterocycles. The lowest BCUT2D eigenvalue weighted by Gasteiger charge is -2.20. The van der Waals surface area contributed by atoms with Crippen LogP contribution in [-0.4, -0.2) is 28.8 Å². The number of aromatic carboxylic acids is 1. The molecule has 0 aliphatic heterocycles. The first-order valence-corrected chi connectivity index (χ1v) is 6.15. The van der Waals surface area contributed by atoms with Crippen LogP contribution >= 0.6 is 0 Å². The number of hydrogen-bond acceptors (Lipinski definition) is 3. The van der Waals surface area contributed by atoms with E-state index in [-0.39, 0.29) is 18.2 Å². The number of anilines is 1. The van der Waals surface area contributed by atoms with Gasteiger partial charge in [0.05, 0.1) is 12.2 Å². The second kappa shape index (κ2) is 6.40. The van der Waals surface area contributed by atoms with Gasteiger partial charge in [-0.1, -0.05) is 25.5 Å². The Hall–Kier alpha value is -1.55. The average molecular weight is 251 g/mol. The Balaban J connectivity index is 2.91. The van der Waals surface area contributed by atoms with Gasteiger partial charge in [-0.15, -0.1) is 0 Å². The smallest absolute Gasteiger partial charge is 0.337 e. The van der Waals surface area contributed by atoms with Crippen LogP contribution in [0.25, 0.3) is 0 Å². The number of aliphatic hydroxyl groups excluding tert-OH is 1. The third kappa shape index (κ3) is 4.04. The molecule has 0 saturated carbocycles. The van der Waals surface area contributed by atoms with Crippen molar-refractivity contribution in [1.82, 2.24) is 0 Å². The molecule has 4 nitrogen and oxygen atoms in total. The summed E-state index contributed by atoms with van der Waals surface area (Å²) in [5.41, 5.74) is 1.72. The fourth-order valence-electron chi connectivity index (χ4n) is 1.93. The van der Waals surface area contributed by atoms with E-state index in [0.717, 1.165) is 12.0 Å². The van der Waals surface area contributed by atoms with E-state index < -0.39 is 5.97 Å². The maximum atomic E-state index is 11.2. The van der Waals surface area contributed by atoms with Crippen LogP contribution in [0.15, 0.2) is 18.2 Å². The van der Waals surface area contributed by atoms with Gasteiger partial charge in [-0.05, 0) is 31.4 Å². The molecular formula is C14H21NO3. The molecule has 0 bridgehead atoms. The first-order chi connectivity index (χ1) is 8.43. The van der Waals surface area contributed by atoms with E-state index in [2.05, 4.69) is 19.2 Å². The molecule has 1 atom stereocenters. The Kier molecular flexibility index (Phi) is 5.16. The minimum atomic E-state index is -0.956. The number of carbonyl (C=O) groups is 1. The normalized spacial score (nSPS) is 12.5. The number of carboxylic acid groups (broad SMARTS) is 1. The molecule has 1 rings (SSSR count). The fraction of sp³-hybridized carbons (Fsp3) is 0.500. The zero-order valence-corrected chi connectivity index (χ0v) is 11.1. The number of carboxylic acids is 1. The van der Waals surface area contributed by atoms with Gasteiger partial charge in [0, 0.05) is 11.7 Å². The molecule has 0 amide bonds. The quantitative estimate of drug-likeness (QED) is 0.726. The number of rotatable bonds is 6. The lowest BCUT2D eigenvalue weighted by atomic mass is 10.0. The van der Waals surface area contributed by atoms with Crippen LogP contribution in [0, 0.1) is 12.8 Å². The molecule has 0 aliphatic carbocycles. The monoisotopic (exact) mass is 251 g/mol. The van der Waals surface area contributed by atoms with Crippen LogP contribution in [0.5, 0.6) is 0 Å². The number of benzene rings is 1. The van der Waals surface area contributed by atoms with Crippen molar-refractivity contribution in [3.05, 3.63) is 29.3 Å². The number of hydrogen-bond donors (Lipinski definition) is 3. The largest absolute Gasteiger partial charge is 0.478 e. The summed E-state index contributed by atoms with van der Waals surface area (Å²) in [7, 11) is 0. The van der Waals surface area contributed by atoms with Crippen molar-refractivity contribution < 1.29 is 15.0 Å². The highest BCUT2D eigenvalue weighted by Crippen LogP contribution is 2.20. The Labute approximate surface area is 108 Å². The third-order valence-corrected chi connectivity index (χ3v) is 2.74. The molecule has 1 aromatic carbocycles. The summed E-state index contributed by atoms with van der Waals surface area (Å²) >= 11 is 0. The second-order valence-corrected chi connectivity index (χ2v) is 5.01. The average Bonchev–Trinajstić information content (AvgIpc) is 2.29. The maximum Gasteiger partial charge on any atom is 0.337 e. The summed E-state index contributed by atoms with van der Waals surface area (Å²) in [5, 5.41) is 21.6. The molecule has 100 valence electrons. The van der Waals surface area contributed by atoms with Crippen molar-refractivity contribution in [1.29, 1.82) is 0 Å². The minimum absolute atomic E-state index is 0.00881. The highest BCUT2D eigenvalue weighted by Gasteiger charge is 2.15. The summed E-state index contributed by atoms with van der Waals surface area (Å²) in [5.74, 6) is -0.518. The Morgan fingerprint density at radius 1 is 1.39 bits per heavy atom. The van der Waals surface area contributed by atoms with Crippen LogP contribution in [-0.2, 0) is 0 Å². The van der Waals surface area contributed by atoms with Gasteiger partial charge in [0.2, 0.25) is 0 Å². The molecule has 0 aliphatic rings. The van der Waals surface area contributed by atoms with Crippen LogP contribution in [0.2, 0.25) is 0 Å². The molecule has 1 aromatic rings. The van der Waals surface area contributed by atoms with E-state index in [1.54, 1.807) is 12.1 Å². The van der Waals surface area contributed by atoms with Gasteiger partial charge in [0.1, 0.15) is 0 Å². The highest BCUT2D eigenvalue weighted by atomic mass is 16.4. The fourth-order valence-corrected chi connectivity index (χ4v) is 1.93. The topological polar surface area (TPSA) is 69.6 Å². The van der Waals surface area contributed by atoms with Gasteiger partial charge >= 0.3 is 5.97 Å². The van der Waals surface area contributed by atoms with E-state index >= 15 is 0 Å². The van der Waals surface area contributed by atoms with Gasteiger partial charge in [0.25, 0.3) is 0 Å². The Morgan fingerprint density at radius 3 is 2.56 bits per heavy atom. The molecule has 18 heavy (non-hydrogen) atoms. The molecule has 0 saturated heterocycles. The lowest BCUT2D eigenvalue weighted by molar-refractivity contribution is 0.0697. The predicted octanol–water partition coefficient (Wildman–Crippen LogP) is 2.51. The van der Waals surface area contributed by atoms with Gasteiger partial charge < -0.3 is 15.5 Å². The van der Waals surface area contributed by atoms with Crippen molar-refractivity contribution in [3.63, 3.8) is 0 Å². The van der Waals surface area contributed by atoms with Crippen LogP contribution < -0.4 is 5.32 Å². The van der Waals surface area contributed by atoms with E-state index in [1.165, 1.54) is 0 Å². The van der Waals surface area contributed by atoms with Crippen molar-refractivity contribution in [2.24, 2.45) is 5.92 Å². The maximum absolute atomic E-state index is 11.2. The van der Waals surface area contributed by atoms with E-state index in [9.17, 15) is 9.90 Å². The molecule has 0 heterocycles. The van der Waals surface area contributed by atoms with E-state index in [1.807, 2.05) is 13.0 Å². The number of aryl methyl sites for hydroxylation is 1. The zero-order chi connectivity index (χ0) is 13.7. The summed E-state index contributed by atoms with van der Waals surface area (Å²) in [6.07, 6.45) is 0.795. The Morgan fingerprint density at radius 2 is 2.06 bits per heavy atom. The van der Waals surface area contributed by atoms with Crippen molar-refractivity contribution >= 4 is 11.7 Å². The highest BCUT2D eigenvalue weighted by molar-refractivity contribution is 5.94. The zero-order valence-electron chi connectivity index (χ0n) is 11.1. The first kappa shape index (κ1) is 14.5. The second-order valence-electron chi connectivity index (χ2n) is 5.01. The summed E-state index contributed by atoms with van der Waals surface area (Å²) in [6, 6.07) is 5.13. The van der Waals surface area contributed by atoms with E-state index in [0.29, 0.717) is 11.6 Å². The molecule has 3 N–H and O–H groups in total. The molecule has 4 heteroatoms. The van der Waals surface area contributed by atoms with Gasteiger partial charge in [-0.3, -0.25) is 0 Å². The van der Waals surface area contributed by atoms with Gasteiger partial charge in [-0.2, -0.15) is 0 Å². The SMILES string of the molecule is Cc1ccc(NC(CO)CC(C)C)c(C(=O)O)c1. The first-order valence-electron chi connectivity index (χ1n) is 6.15. The van der Waals surface area contributed by atoms with Gasteiger partial charge in [0.15, 0.2) is 0 Å². The Bertz CT molecular complexity index is 416. The van der Waals surface area contributed by atoms with Crippen LogP contribution in [0.3, 0.4) is 0 Å². The number of aliphatic hydroxyl groups is 1. The third-order valence-electron chi connectivity index (χ3n) is 2.74. The molecular weight excluding hydrogens is 230 g/mol.